The lowest BCUT2D eigenvalue weighted by atomic mass is 10.0. The average Bonchev–Trinajstić information content (AvgIpc) is 2.99. The van der Waals surface area contributed by atoms with Crippen molar-refractivity contribution in [1.82, 2.24) is 14.5 Å². The minimum atomic E-state index is -4.03. The van der Waals surface area contributed by atoms with Gasteiger partial charge in [-0.2, -0.15) is 4.31 Å². The van der Waals surface area contributed by atoms with Crippen LogP contribution in [0.5, 0.6) is 0 Å². The Balaban J connectivity index is 1.70. The molecule has 2 atom stereocenters. The molecule has 0 aliphatic carbocycles. The van der Waals surface area contributed by atoms with Gasteiger partial charge in [0.2, 0.25) is 21.8 Å². The zero-order valence-electron chi connectivity index (χ0n) is 24.3. The van der Waals surface area contributed by atoms with E-state index in [0.717, 1.165) is 20.6 Å². The fourth-order valence-electron chi connectivity index (χ4n) is 4.70. The van der Waals surface area contributed by atoms with Crippen molar-refractivity contribution >= 4 is 55.8 Å². The molecule has 0 saturated carbocycles. The van der Waals surface area contributed by atoms with Crippen LogP contribution in [0.25, 0.3) is 10.8 Å². The first-order valence-corrected chi connectivity index (χ1v) is 16.2. The number of carbonyl (C=O) groups is 2. The largest absolute Gasteiger partial charge is 0.352 e. The van der Waals surface area contributed by atoms with Crippen molar-refractivity contribution < 1.29 is 18.0 Å². The Morgan fingerprint density at radius 3 is 2.23 bits per heavy atom. The Morgan fingerprint density at radius 2 is 1.56 bits per heavy atom. The summed E-state index contributed by atoms with van der Waals surface area (Å²) in [6.45, 7) is 3.34. The molecule has 4 rings (SSSR count). The summed E-state index contributed by atoms with van der Waals surface area (Å²) in [7, 11) is -2.67. The first kappa shape index (κ1) is 32.5. The Kier molecular flexibility index (Phi) is 10.8. The lowest BCUT2D eigenvalue weighted by molar-refractivity contribution is -0.141. The van der Waals surface area contributed by atoms with Crippen LogP contribution in [0.3, 0.4) is 0 Å². The Hall–Kier alpha value is -3.43. The van der Waals surface area contributed by atoms with Crippen LogP contribution in [0.4, 0.5) is 0 Å². The molecule has 0 aliphatic heterocycles. The molecule has 0 bridgehead atoms. The topological polar surface area (TPSA) is 86.8 Å². The van der Waals surface area contributed by atoms with Crippen LogP contribution in [0.1, 0.15) is 31.4 Å². The second-order valence-corrected chi connectivity index (χ2v) is 13.4. The SMILES string of the molecule is CC[C@@H](C)NC(=O)[C@H](Cc1ccccc1)N(Cc1ccc(Cl)cc1Cl)C(=O)CN(C)S(=O)(=O)c1ccc2ccccc2c1. The highest BCUT2D eigenvalue weighted by Gasteiger charge is 2.33. The number of rotatable bonds is 12. The van der Waals surface area contributed by atoms with Gasteiger partial charge in [-0.3, -0.25) is 9.59 Å². The van der Waals surface area contributed by atoms with Crippen LogP contribution in [-0.4, -0.2) is 55.1 Å². The van der Waals surface area contributed by atoms with Gasteiger partial charge in [0.05, 0.1) is 11.4 Å². The quantitative estimate of drug-likeness (QED) is 0.196. The second-order valence-electron chi connectivity index (χ2n) is 10.6. The Labute approximate surface area is 263 Å². The number of likely N-dealkylation sites (N-methyl/N-ethyl adjacent to an activating group) is 1. The fourth-order valence-corrected chi connectivity index (χ4v) is 6.33. The second kappa shape index (κ2) is 14.4. The van der Waals surface area contributed by atoms with Crippen LogP contribution in [0.2, 0.25) is 10.0 Å². The van der Waals surface area contributed by atoms with Crippen molar-refractivity contribution in [2.24, 2.45) is 0 Å². The van der Waals surface area contributed by atoms with Crippen LogP contribution < -0.4 is 5.32 Å². The number of hydrogen-bond donors (Lipinski definition) is 1. The number of amides is 2. The minimum Gasteiger partial charge on any atom is -0.352 e. The normalized spacial score (nSPS) is 13.1. The Morgan fingerprint density at radius 1 is 0.884 bits per heavy atom. The van der Waals surface area contributed by atoms with Gasteiger partial charge in [0.15, 0.2) is 0 Å². The molecule has 0 spiro atoms. The first-order valence-electron chi connectivity index (χ1n) is 14.0. The van der Waals surface area contributed by atoms with Crippen molar-refractivity contribution in [1.29, 1.82) is 0 Å². The molecular weight excluding hydrogens is 605 g/mol. The monoisotopic (exact) mass is 639 g/mol. The maximum absolute atomic E-state index is 14.1. The van der Waals surface area contributed by atoms with Crippen molar-refractivity contribution in [3.05, 3.63) is 112 Å². The van der Waals surface area contributed by atoms with Crippen LogP contribution in [-0.2, 0) is 32.6 Å². The van der Waals surface area contributed by atoms with E-state index in [1.54, 1.807) is 30.3 Å². The van der Waals surface area contributed by atoms with Crippen molar-refractivity contribution in [2.45, 2.75) is 50.2 Å². The summed E-state index contributed by atoms with van der Waals surface area (Å²) in [5.41, 5.74) is 1.43. The Bertz CT molecular complexity index is 1700. The van der Waals surface area contributed by atoms with E-state index in [1.807, 2.05) is 68.4 Å². The molecule has 10 heteroatoms. The van der Waals surface area contributed by atoms with E-state index in [0.29, 0.717) is 22.0 Å². The number of benzene rings is 4. The van der Waals surface area contributed by atoms with Crippen molar-refractivity contribution in [3.8, 4) is 0 Å². The molecule has 0 aromatic heterocycles. The third kappa shape index (κ3) is 8.15. The molecule has 0 aliphatic rings. The summed E-state index contributed by atoms with van der Waals surface area (Å²) in [5.74, 6) is -0.880. The minimum absolute atomic E-state index is 0.0237. The smallest absolute Gasteiger partial charge is 0.243 e. The predicted molar refractivity (Wildman–Crippen MR) is 173 cm³/mol. The summed E-state index contributed by atoms with van der Waals surface area (Å²) in [6.07, 6.45) is 0.925. The third-order valence-corrected chi connectivity index (χ3v) is 9.80. The van der Waals surface area contributed by atoms with Gasteiger partial charge in [-0.15, -0.1) is 0 Å². The highest BCUT2D eigenvalue weighted by molar-refractivity contribution is 7.89. The van der Waals surface area contributed by atoms with Gasteiger partial charge in [-0.25, -0.2) is 8.42 Å². The molecule has 43 heavy (non-hydrogen) atoms. The molecule has 0 heterocycles. The number of nitrogens with zero attached hydrogens (tertiary/aromatic N) is 2. The number of hydrogen-bond acceptors (Lipinski definition) is 4. The summed E-state index contributed by atoms with van der Waals surface area (Å²) < 4.78 is 28.2. The molecule has 0 fully saturated rings. The lowest BCUT2D eigenvalue weighted by Gasteiger charge is -2.33. The highest BCUT2D eigenvalue weighted by atomic mass is 35.5. The molecule has 0 unspecified atom stereocenters. The molecule has 1 N–H and O–H groups in total. The summed E-state index contributed by atoms with van der Waals surface area (Å²) in [4.78, 5) is 29.3. The van der Waals surface area contributed by atoms with E-state index in [-0.39, 0.29) is 29.8 Å². The molecular formula is C33H35Cl2N3O4S. The van der Waals surface area contributed by atoms with Crippen LogP contribution in [0.15, 0.2) is 95.9 Å². The molecule has 226 valence electrons. The first-order chi connectivity index (χ1) is 20.5. The number of fused-ring (bicyclic) bond motifs is 1. The highest BCUT2D eigenvalue weighted by Crippen LogP contribution is 2.25. The predicted octanol–water partition coefficient (Wildman–Crippen LogP) is 6.32. The van der Waals surface area contributed by atoms with Gasteiger partial charge in [0.1, 0.15) is 6.04 Å². The summed E-state index contributed by atoms with van der Waals surface area (Å²) in [5, 5.41) is 5.45. The van der Waals surface area contributed by atoms with E-state index < -0.39 is 28.5 Å². The average molecular weight is 641 g/mol. The van der Waals surface area contributed by atoms with Gasteiger partial charge in [-0.05, 0) is 59.5 Å². The number of carbonyl (C=O) groups excluding carboxylic acids is 2. The molecule has 7 nitrogen and oxygen atoms in total. The zero-order valence-corrected chi connectivity index (χ0v) is 26.7. The van der Waals surface area contributed by atoms with Gasteiger partial charge in [0.25, 0.3) is 0 Å². The van der Waals surface area contributed by atoms with Gasteiger partial charge in [0, 0.05) is 36.1 Å². The van der Waals surface area contributed by atoms with Crippen molar-refractivity contribution in [2.75, 3.05) is 13.6 Å². The van der Waals surface area contributed by atoms with Crippen LogP contribution in [0, 0.1) is 0 Å². The van der Waals surface area contributed by atoms with E-state index in [2.05, 4.69) is 5.32 Å². The maximum atomic E-state index is 14.1. The third-order valence-electron chi connectivity index (χ3n) is 7.41. The van der Waals surface area contributed by atoms with E-state index in [1.165, 1.54) is 18.0 Å². The number of halogens is 2. The lowest BCUT2D eigenvalue weighted by Crippen LogP contribution is -2.54. The molecule has 0 saturated heterocycles. The van der Waals surface area contributed by atoms with Gasteiger partial charge < -0.3 is 10.2 Å². The van der Waals surface area contributed by atoms with Crippen LogP contribution >= 0.6 is 23.2 Å². The number of sulfonamides is 1. The summed E-state index contributed by atoms with van der Waals surface area (Å²) in [6, 6.07) is 25.6. The van der Waals surface area contributed by atoms with Crippen molar-refractivity contribution in [3.63, 3.8) is 0 Å². The molecule has 4 aromatic rings. The summed E-state index contributed by atoms with van der Waals surface area (Å²) >= 11 is 12.6. The van der Waals surface area contributed by atoms with Gasteiger partial charge >= 0.3 is 0 Å². The molecule has 2 amide bonds. The zero-order chi connectivity index (χ0) is 31.1. The maximum Gasteiger partial charge on any atom is 0.243 e. The molecule has 4 aromatic carbocycles. The van der Waals surface area contributed by atoms with E-state index >= 15 is 0 Å². The molecule has 0 radical (unpaired) electrons. The fraction of sp³-hybridized carbons (Fsp3) is 0.273. The number of nitrogens with one attached hydrogen (secondary N) is 1. The standard InChI is InChI=1S/C33H35Cl2N3O4S/c1-4-23(2)36-33(40)31(18-24-10-6-5-7-11-24)38(21-27-14-16-28(34)20-30(27)35)32(39)22-37(3)43(41,42)29-17-15-25-12-8-9-13-26(25)19-29/h5-17,19-20,23,31H,4,18,21-22H2,1-3H3,(H,36,40)/t23-,31+/m1/s1. The van der Waals surface area contributed by atoms with Gasteiger partial charge in [-0.1, -0.05) is 96.9 Å². The van der Waals surface area contributed by atoms with E-state index in [9.17, 15) is 18.0 Å². The van der Waals surface area contributed by atoms with E-state index in [4.69, 9.17) is 23.2 Å².